The van der Waals surface area contributed by atoms with E-state index in [4.69, 9.17) is 5.64 Å². The molecule has 0 atom stereocenters. The summed E-state index contributed by atoms with van der Waals surface area (Å²) in [6.45, 7) is 5.48. The van der Waals surface area contributed by atoms with Gasteiger partial charge in [0.1, 0.15) is 0 Å². The molecule has 1 fully saturated rings. The third-order valence-electron chi connectivity index (χ3n) is 4.35. The van der Waals surface area contributed by atoms with Crippen LogP contribution in [0, 0.1) is 0 Å². The normalized spacial score (nSPS) is 20.0. The molecule has 1 rings (SSSR count). The average molecular weight is 250 g/mol. The zero-order chi connectivity index (χ0) is 13.7. The predicted molar refractivity (Wildman–Crippen MR) is 84.2 cm³/mol. The molecule has 18 heavy (non-hydrogen) atoms. The van der Waals surface area contributed by atoms with Crippen molar-refractivity contribution in [3.05, 3.63) is 0 Å². The molecule has 4 nitrogen and oxygen atoms in total. The minimum Gasteiger partial charge on any atom is -0.360 e. The van der Waals surface area contributed by atoms with E-state index in [-0.39, 0.29) is 7.12 Å². The quantitative estimate of drug-likeness (QED) is 0.721. The van der Waals surface area contributed by atoms with E-state index in [9.17, 15) is 0 Å². The summed E-state index contributed by atoms with van der Waals surface area (Å²) in [4.78, 5) is 0. The van der Waals surface area contributed by atoms with Crippen molar-refractivity contribution in [2.45, 2.75) is 52.2 Å². The second-order valence-electron chi connectivity index (χ2n) is 5.66. The van der Waals surface area contributed by atoms with Crippen molar-refractivity contribution in [3.63, 3.8) is 0 Å². The molecule has 1 aliphatic rings. The van der Waals surface area contributed by atoms with Gasteiger partial charge >= 0.3 is 7.12 Å². The van der Waals surface area contributed by atoms with E-state index in [1.807, 2.05) is 0 Å². The molecule has 1 saturated heterocycles. The van der Waals surface area contributed by atoms with Gasteiger partial charge in [0, 0.05) is 0 Å². The van der Waals surface area contributed by atoms with Gasteiger partial charge in [-0.3, -0.25) is 0 Å². The van der Waals surface area contributed by atoms with Gasteiger partial charge in [0.05, 0.1) is 0 Å². The molecule has 0 aromatic carbocycles. The van der Waals surface area contributed by atoms with Crippen LogP contribution in [0.4, 0.5) is 0 Å². The van der Waals surface area contributed by atoms with E-state index in [1.54, 1.807) is 0 Å². The number of unbranched alkanes of at least 4 members (excludes halogenated alkanes) is 2. The molecule has 0 bridgehead atoms. The Morgan fingerprint density at radius 2 is 1.17 bits per heavy atom. The minimum atomic E-state index is 0.0462. The molecule has 7 heteroatoms. The maximum absolute atomic E-state index is 6.33. The van der Waals surface area contributed by atoms with Gasteiger partial charge in [0.25, 0.3) is 14.0 Å². The van der Waals surface area contributed by atoms with Gasteiger partial charge in [0.2, 0.25) is 0 Å². The fourth-order valence-corrected chi connectivity index (χ4v) is 3.00. The Balaban J connectivity index is 2.72. The van der Waals surface area contributed by atoms with E-state index in [1.165, 1.54) is 38.3 Å². The van der Waals surface area contributed by atoms with Gasteiger partial charge in [0.15, 0.2) is 0 Å². The number of nitrogens with two attached hydrogens (primary N) is 1. The van der Waals surface area contributed by atoms with Crippen molar-refractivity contribution >= 4 is 21.1 Å². The summed E-state index contributed by atoms with van der Waals surface area (Å²) >= 11 is 0. The SMILES string of the molecule is CCCCB1N(C)B(N)N(C)B(CCCC)N1C. The molecule has 102 valence electrons. The smallest absolute Gasteiger partial charge is 0.360 e. The summed E-state index contributed by atoms with van der Waals surface area (Å²) in [6.07, 6.45) is 7.49. The molecule has 0 aliphatic carbocycles. The Morgan fingerprint density at radius 3 is 1.50 bits per heavy atom. The van der Waals surface area contributed by atoms with Crippen LogP contribution < -0.4 is 5.64 Å². The lowest BCUT2D eigenvalue weighted by atomic mass is 9.45. The third kappa shape index (κ3) is 3.53. The van der Waals surface area contributed by atoms with Gasteiger partial charge in [-0.1, -0.05) is 39.5 Å². The molecule has 1 heterocycles. The van der Waals surface area contributed by atoms with Crippen molar-refractivity contribution < 1.29 is 0 Å². The Hall–Kier alpha value is 0.0348. The molecule has 2 N–H and O–H groups in total. The summed E-state index contributed by atoms with van der Waals surface area (Å²) in [5.74, 6) is 0. The standard InChI is InChI=1S/C11H29B3N4/c1-6-8-10-12-16(3)13(11-9-7-2)18(5)14(15)17(12)4/h6-11,15H2,1-5H3. The Morgan fingerprint density at radius 1 is 0.778 bits per heavy atom. The van der Waals surface area contributed by atoms with Crippen LogP contribution in [0.25, 0.3) is 0 Å². The fraction of sp³-hybridized carbons (Fsp3) is 1.00. The second kappa shape index (κ2) is 7.58. The number of hydrogen-bond donors (Lipinski definition) is 1. The van der Waals surface area contributed by atoms with Gasteiger partial charge < -0.3 is 19.8 Å². The van der Waals surface area contributed by atoms with Crippen LogP contribution in [-0.2, 0) is 0 Å². The zero-order valence-corrected chi connectivity index (χ0v) is 12.9. The number of nitrogens with zero attached hydrogens (tertiary/aromatic N) is 3. The molecule has 0 unspecified atom stereocenters. The lowest BCUT2D eigenvalue weighted by molar-refractivity contribution is 0.518. The first-order valence-corrected chi connectivity index (χ1v) is 7.45. The van der Waals surface area contributed by atoms with Gasteiger partial charge in [-0.2, -0.15) is 0 Å². The van der Waals surface area contributed by atoms with Gasteiger partial charge in [-0.05, 0) is 33.8 Å². The largest absolute Gasteiger partial charge is 0.376 e. The zero-order valence-electron chi connectivity index (χ0n) is 12.9. The van der Waals surface area contributed by atoms with Gasteiger partial charge in [-0.25, -0.2) is 0 Å². The average Bonchev–Trinajstić information content (AvgIpc) is 2.36. The summed E-state index contributed by atoms with van der Waals surface area (Å²) in [5.41, 5.74) is 6.33. The van der Waals surface area contributed by atoms with Crippen LogP contribution in [0.5, 0.6) is 0 Å². The predicted octanol–water partition coefficient (Wildman–Crippen LogP) is 1.32. The Bertz CT molecular complexity index is 222. The minimum absolute atomic E-state index is 0.0462. The van der Waals surface area contributed by atoms with Crippen LogP contribution in [0.2, 0.25) is 12.6 Å². The van der Waals surface area contributed by atoms with E-state index in [2.05, 4.69) is 49.2 Å². The molecular formula is C11H29B3N4. The lowest BCUT2D eigenvalue weighted by Gasteiger charge is -2.49. The molecule has 1 aliphatic heterocycles. The van der Waals surface area contributed by atoms with Crippen LogP contribution in [0.1, 0.15) is 39.5 Å². The number of rotatable bonds is 6. The molecule has 0 saturated carbocycles. The first-order chi connectivity index (χ1) is 8.54. The molecule has 0 aromatic rings. The van der Waals surface area contributed by atoms with Crippen LogP contribution in [-0.4, -0.2) is 56.4 Å². The lowest BCUT2D eigenvalue weighted by Crippen LogP contribution is -2.77. The highest BCUT2D eigenvalue weighted by Gasteiger charge is 2.45. The summed E-state index contributed by atoms with van der Waals surface area (Å²) in [6, 6.07) is 0. The van der Waals surface area contributed by atoms with Crippen molar-refractivity contribution in [1.29, 1.82) is 0 Å². The molecule has 0 amide bonds. The maximum atomic E-state index is 6.33. The van der Waals surface area contributed by atoms with Crippen LogP contribution in [0.15, 0.2) is 0 Å². The summed E-state index contributed by atoms with van der Waals surface area (Å²) < 4.78 is 7.12. The first-order valence-electron chi connectivity index (χ1n) is 7.45. The summed E-state index contributed by atoms with van der Waals surface area (Å²) in [5, 5.41) is 0. The Kier molecular flexibility index (Phi) is 6.78. The molecular weight excluding hydrogens is 221 g/mol. The first kappa shape index (κ1) is 16.1. The Labute approximate surface area is 115 Å². The van der Waals surface area contributed by atoms with Crippen molar-refractivity contribution in [3.8, 4) is 0 Å². The van der Waals surface area contributed by atoms with Crippen molar-refractivity contribution in [2.75, 3.05) is 21.1 Å². The van der Waals surface area contributed by atoms with E-state index in [0.29, 0.717) is 14.0 Å². The fourth-order valence-electron chi connectivity index (χ4n) is 3.00. The van der Waals surface area contributed by atoms with E-state index in [0.717, 1.165) is 0 Å². The highest BCUT2D eigenvalue weighted by Crippen LogP contribution is 2.20. The third-order valence-corrected chi connectivity index (χ3v) is 4.35. The van der Waals surface area contributed by atoms with Gasteiger partial charge in [-0.15, -0.1) is 0 Å². The van der Waals surface area contributed by atoms with Crippen molar-refractivity contribution in [2.24, 2.45) is 5.64 Å². The molecule has 0 radical (unpaired) electrons. The van der Waals surface area contributed by atoms with E-state index < -0.39 is 0 Å². The monoisotopic (exact) mass is 250 g/mol. The van der Waals surface area contributed by atoms with Crippen LogP contribution >= 0.6 is 0 Å². The number of hydrogen-bond acceptors (Lipinski definition) is 4. The molecule has 0 aromatic heterocycles. The maximum Gasteiger partial charge on any atom is 0.376 e. The van der Waals surface area contributed by atoms with Crippen LogP contribution in [0.3, 0.4) is 0 Å². The summed E-state index contributed by atoms with van der Waals surface area (Å²) in [7, 11) is 6.59. The van der Waals surface area contributed by atoms with Crippen molar-refractivity contribution in [1.82, 2.24) is 14.2 Å². The highest BCUT2D eigenvalue weighted by atomic mass is 15.3. The topological polar surface area (TPSA) is 35.7 Å². The van der Waals surface area contributed by atoms with E-state index >= 15 is 0 Å². The second-order valence-corrected chi connectivity index (χ2v) is 5.66. The highest BCUT2D eigenvalue weighted by molar-refractivity contribution is 6.84. The molecule has 0 spiro atoms.